The number of esters is 2. The summed E-state index contributed by atoms with van der Waals surface area (Å²) in [6.45, 7) is 6.72. The van der Waals surface area contributed by atoms with E-state index in [-0.39, 0.29) is 41.6 Å². The first kappa shape index (κ1) is 22.7. The first-order chi connectivity index (χ1) is 13.3. The second-order valence-electron chi connectivity index (χ2n) is 7.60. The molecule has 1 heterocycles. The molecule has 1 unspecified atom stereocenters. The highest BCUT2D eigenvalue weighted by Crippen LogP contribution is 2.38. The van der Waals surface area contributed by atoms with Crippen LogP contribution in [0.3, 0.4) is 0 Å². The number of rotatable bonds is 6. The van der Waals surface area contributed by atoms with Gasteiger partial charge < -0.3 is 20.2 Å². The molecule has 29 heavy (non-hydrogen) atoms. The van der Waals surface area contributed by atoms with Crippen LogP contribution in [0, 0.1) is 0 Å². The first-order valence-electron chi connectivity index (χ1n) is 9.21. The van der Waals surface area contributed by atoms with Gasteiger partial charge >= 0.3 is 18.1 Å². The standard InChI is InChI=1S/C20H25F3N2O4/c1-5-28-18(27)16-11(9-10-13(24)17(26)29-19(2,3)4)15-12(20(21,22)23)7-6-8-14(15)25-16/h6-8,13,25H,5,9-10,24H2,1-4H3. The van der Waals surface area contributed by atoms with E-state index in [2.05, 4.69) is 4.98 Å². The lowest BCUT2D eigenvalue weighted by molar-refractivity contribution is -0.156. The van der Waals surface area contributed by atoms with Crippen molar-refractivity contribution < 1.29 is 32.2 Å². The minimum Gasteiger partial charge on any atom is -0.461 e. The molecule has 1 aromatic heterocycles. The number of nitrogens with one attached hydrogen (secondary N) is 1. The molecule has 3 N–H and O–H groups in total. The Balaban J connectivity index is 2.45. The zero-order valence-corrected chi connectivity index (χ0v) is 16.8. The number of nitrogens with two attached hydrogens (primary N) is 1. The van der Waals surface area contributed by atoms with Gasteiger partial charge in [-0.1, -0.05) is 6.07 Å². The minimum absolute atomic E-state index is 0.000459. The maximum absolute atomic E-state index is 13.5. The Labute approximate surface area is 166 Å². The van der Waals surface area contributed by atoms with Gasteiger partial charge in [-0.15, -0.1) is 0 Å². The summed E-state index contributed by atoms with van der Waals surface area (Å²) in [6.07, 6.45) is -4.65. The van der Waals surface area contributed by atoms with Crippen LogP contribution in [0.15, 0.2) is 18.2 Å². The second kappa shape index (κ2) is 8.44. The number of carbonyl (C=O) groups is 2. The van der Waals surface area contributed by atoms with Gasteiger partial charge in [0.05, 0.1) is 12.2 Å². The van der Waals surface area contributed by atoms with Gasteiger partial charge in [0.2, 0.25) is 0 Å². The maximum Gasteiger partial charge on any atom is 0.417 e. The van der Waals surface area contributed by atoms with Crippen molar-refractivity contribution in [1.29, 1.82) is 0 Å². The molecule has 1 aromatic carbocycles. The van der Waals surface area contributed by atoms with Crippen molar-refractivity contribution in [1.82, 2.24) is 4.98 Å². The maximum atomic E-state index is 13.5. The highest BCUT2D eigenvalue weighted by atomic mass is 19.4. The van der Waals surface area contributed by atoms with Gasteiger partial charge in [0.15, 0.2) is 0 Å². The zero-order chi connectivity index (χ0) is 22.0. The Morgan fingerprint density at radius 3 is 2.41 bits per heavy atom. The summed E-state index contributed by atoms with van der Waals surface area (Å²) in [5, 5.41) is -0.126. The monoisotopic (exact) mass is 414 g/mol. The van der Waals surface area contributed by atoms with Crippen LogP contribution < -0.4 is 5.73 Å². The van der Waals surface area contributed by atoms with Gasteiger partial charge in [-0.2, -0.15) is 13.2 Å². The molecule has 9 heteroatoms. The summed E-state index contributed by atoms with van der Waals surface area (Å²) < 4.78 is 50.8. The lowest BCUT2D eigenvalue weighted by Gasteiger charge is -2.22. The van der Waals surface area contributed by atoms with E-state index in [4.69, 9.17) is 15.2 Å². The second-order valence-corrected chi connectivity index (χ2v) is 7.60. The Hall–Kier alpha value is -2.55. The molecule has 0 saturated carbocycles. The van der Waals surface area contributed by atoms with Gasteiger partial charge in [-0.05, 0) is 58.2 Å². The fourth-order valence-corrected chi connectivity index (χ4v) is 2.98. The fourth-order valence-electron chi connectivity index (χ4n) is 2.98. The molecule has 2 rings (SSSR count). The molecule has 0 bridgehead atoms. The summed E-state index contributed by atoms with van der Waals surface area (Å²) >= 11 is 0. The smallest absolute Gasteiger partial charge is 0.417 e. The van der Waals surface area contributed by atoms with Crippen LogP contribution >= 0.6 is 0 Å². The van der Waals surface area contributed by atoms with Crippen molar-refractivity contribution in [3.05, 3.63) is 35.0 Å². The summed E-state index contributed by atoms with van der Waals surface area (Å²) in [6, 6.07) is 2.60. The highest BCUT2D eigenvalue weighted by Gasteiger charge is 2.35. The Morgan fingerprint density at radius 2 is 1.86 bits per heavy atom. The summed E-state index contributed by atoms with van der Waals surface area (Å²) in [5.74, 6) is -1.43. The van der Waals surface area contributed by atoms with E-state index in [0.29, 0.717) is 0 Å². The van der Waals surface area contributed by atoms with Crippen LogP contribution in [0.4, 0.5) is 13.2 Å². The quantitative estimate of drug-likeness (QED) is 0.698. The van der Waals surface area contributed by atoms with Gasteiger partial charge in [-0.25, -0.2) is 4.79 Å². The number of halogens is 3. The third-order valence-corrected chi connectivity index (χ3v) is 4.13. The SMILES string of the molecule is CCOC(=O)c1[nH]c2cccc(C(F)(F)F)c2c1CCC(N)C(=O)OC(C)(C)C. The van der Waals surface area contributed by atoms with E-state index < -0.39 is 35.3 Å². The number of hydrogen-bond acceptors (Lipinski definition) is 5. The van der Waals surface area contributed by atoms with E-state index in [0.717, 1.165) is 6.07 Å². The number of alkyl halides is 3. The number of benzene rings is 1. The molecule has 6 nitrogen and oxygen atoms in total. The number of aromatic nitrogens is 1. The van der Waals surface area contributed by atoms with Gasteiger partial charge in [0.1, 0.15) is 17.3 Å². The van der Waals surface area contributed by atoms with Crippen molar-refractivity contribution in [3.63, 3.8) is 0 Å². The molecule has 0 radical (unpaired) electrons. The van der Waals surface area contributed by atoms with Crippen molar-refractivity contribution in [2.24, 2.45) is 5.73 Å². The average Bonchev–Trinajstić information content (AvgIpc) is 2.96. The molecule has 0 fully saturated rings. The molecule has 0 saturated heterocycles. The van der Waals surface area contributed by atoms with Crippen LogP contribution in [0.25, 0.3) is 10.9 Å². The third-order valence-electron chi connectivity index (χ3n) is 4.13. The molecule has 2 aromatic rings. The molecule has 1 atom stereocenters. The minimum atomic E-state index is -4.62. The summed E-state index contributed by atoms with van der Waals surface area (Å²) in [7, 11) is 0. The molecule has 0 aliphatic rings. The van der Waals surface area contributed by atoms with Crippen molar-refractivity contribution in [2.45, 2.75) is 58.4 Å². The van der Waals surface area contributed by atoms with E-state index in [1.807, 2.05) is 0 Å². The Kier molecular flexibility index (Phi) is 6.62. The Bertz CT molecular complexity index is 897. The molecule has 0 aliphatic carbocycles. The largest absolute Gasteiger partial charge is 0.461 e. The first-order valence-corrected chi connectivity index (χ1v) is 9.21. The molecule has 0 amide bonds. The van der Waals surface area contributed by atoms with Crippen LogP contribution in [0.2, 0.25) is 0 Å². The normalized spacial score (nSPS) is 13.4. The van der Waals surface area contributed by atoms with Gasteiger partial charge in [-0.3, -0.25) is 4.79 Å². The van der Waals surface area contributed by atoms with Crippen LogP contribution in [0.5, 0.6) is 0 Å². The predicted molar refractivity (Wildman–Crippen MR) is 101 cm³/mol. The molecular formula is C20H25F3N2O4. The lowest BCUT2D eigenvalue weighted by atomic mass is 9.98. The summed E-state index contributed by atoms with van der Waals surface area (Å²) in [4.78, 5) is 27.1. The van der Waals surface area contributed by atoms with E-state index in [9.17, 15) is 22.8 Å². The fraction of sp³-hybridized carbons (Fsp3) is 0.500. The molecule has 160 valence electrons. The van der Waals surface area contributed by atoms with Crippen LogP contribution in [-0.2, 0) is 26.9 Å². The van der Waals surface area contributed by atoms with E-state index in [1.165, 1.54) is 12.1 Å². The predicted octanol–water partition coefficient (Wildman–Crippen LogP) is 3.97. The number of aryl methyl sites for hydroxylation is 1. The van der Waals surface area contributed by atoms with Gasteiger partial charge in [0.25, 0.3) is 0 Å². The number of H-pyrrole nitrogens is 1. The summed E-state index contributed by atoms with van der Waals surface area (Å²) in [5.41, 5.74) is 4.46. The topological polar surface area (TPSA) is 94.4 Å². The van der Waals surface area contributed by atoms with Crippen molar-refractivity contribution in [2.75, 3.05) is 6.61 Å². The Morgan fingerprint density at radius 1 is 1.21 bits per heavy atom. The molecule has 0 aliphatic heterocycles. The average molecular weight is 414 g/mol. The number of hydrogen-bond donors (Lipinski definition) is 2. The van der Waals surface area contributed by atoms with Gasteiger partial charge in [0, 0.05) is 10.9 Å². The zero-order valence-electron chi connectivity index (χ0n) is 16.8. The van der Waals surface area contributed by atoms with E-state index >= 15 is 0 Å². The number of carbonyl (C=O) groups excluding carboxylic acids is 2. The molecule has 0 spiro atoms. The van der Waals surface area contributed by atoms with Crippen LogP contribution in [-0.4, -0.2) is 35.2 Å². The number of aromatic amines is 1. The number of ether oxygens (including phenoxy) is 2. The molecular weight excluding hydrogens is 389 g/mol. The highest BCUT2D eigenvalue weighted by molar-refractivity contribution is 5.99. The van der Waals surface area contributed by atoms with Crippen molar-refractivity contribution in [3.8, 4) is 0 Å². The lowest BCUT2D eigenvalue weighted by Crippen LogP contribution is -2.37. The van der Waals surface area contributed by atoms with E-state index in [1.54, 1.807) is 27.7 Å². The van der Waals surface area contributed by atoms with Crippen molar-refractivity contribution >= 4 is 22.8 Å². The number of fused-ring (bicyclic) bond motifs is 1. The third kappa shape index (κ3) is 5.50. The van der Waals surface area contributed by atoms with Crippen LogP contribution in [0.1, 0.15) is 55.7 Å².